The molecule has 0 aliphatic heterocycles. The molecule has 5 nitrogen and oxygen atoms in total. The second kappa shape index (κ2) is 8.27. The van der Waals surface area contributed by atoms with Crippen molar-refractivity contribution in [1.29, 1.82) is 0 Å². The standard InChI is InChI=1S/C18H23N3O2/c1-3-13-21-17(22)12-11-16(20-21)18(23)19-14(2)9-10-15-7-5-4-6-8-15/h4-8,11-12,14H,3,9-10,13H2,1-2H3,(H,19,23)/t14-/m0/s1. The first kappa shape index (κ1) is 16.9. The van der Waals surface area contributed by atoms with Crippen LogP contribution in [0.1, 0.15) is 42.7 Å². The maximum atomic E-state index is 12.2. The van der Waals surface area contributed by atoms with E-state index in [1.165, 1.54) is 22.4 Å². The monoisotopic (exact) mass is 313 g/mol. The van der Waals surface area contributed by atoms with E-state index in [1.54, 1.807) is 0 Å². The Kier molecular flexibility index (Phi) is 6.09. The predicted molar refractivity (Wildman–Crippen MR) is 90.5 cm³/mol. The van der Waals surface area contributed by atoms with E-state index in [9.17, 15) is 9.59 Å². The Balaban J connectivity index is 1.93. The molecule has 0 saturated carbocycles. The van der Waals surface area contributed by atoms with Gasteiger partial charge >= 0.3 is 0 Å². The van der Waals surface area contributed by atoms with Crippen LogP contribution in [-0.4, -0.2) is 21.7 Å². The van der Waals surface area contributed by atoms with Crippen LogP contribution >= 0.6 is 0 Å². The molecule has 1 N–H and O–H groups in total. The van der Waals surface area contributed by atoms with Crippen LogP contribution in [0, 0.1) is 0 Å². The summed E-state index contributed by atoms with van der Waals surface area (Å²) < 4.78 is 1.34. The molecule has 1 heterocycles. The zero-order valence-corrected chi connectivity index (χ0v) is 13.7. The molecule has 0 saturated heterocycles. The summed E-state index contributed by atoms with van der Waals surface area (Å²) in [6, 6.07) is 13.1. The van der Waals surface area contributed by atoms with Crippen molar-refractivity contribution in [3.8, 4) is 0 Å². The van der Waals surface area contributed by atoms with Gasteiger partial charge in [-0.15, -0.1) is 0 Å². The number of nitrogens with zero attached hydrogens (tertiary/aromatic N) is 2. The van der Waals surface area contributed by atoms with Crippen molar-refractivity contribution in [3.05, 3.63) is 64.1 Å². The van der Waals surface area contributed by atoms with E-state index >= 15 is 0 Å². The molecule has 1 aromatic carbocycles. The van der Waals surface area contributed by atoms with Gasteiger partial charge in [-0.05, 0) is 37.8 Å². The van der Waals surface area contributed by atoms with Gasteiger partial charge in [0.1, 0.15) is 5.69 Å². The lowest BCUT2D eigenvalue weighted by Crippen LogP contribution is -2.35. The lowest BCUT2D eigenvalue weighted by atomic mass is 10.1. The quantitative estimate of drug-likeness (QED) is 0.853. The Labute approximate surface area is 136 Å². The maximum absolute atomic E-state index is 12.2. The number of carbonyl (C=O) groups is 1. The van der Waals surface area contributed by atoms with Gasteiger partial charge in [-0.3, -0.25) is 9.59 Å². The first-order valence-electron chi connectivity index (χ1n) is 8.03. The summed E-state index contributed by atoms with van der Waals surface area (Å²) in [5.41, 5.74) is 1.35. The SMILES string of the molecule is CCCn1nc(C(=O)N[C@@H](C)CCc2ccccc2)ccc1=O. The molecule has 0 radical (unpaired) electrons. The molecule has 122 valence electrons. The number of nitrogens with one attached hydrogen (secondary N) is 1. The van der Waals surface area contributed by atoms with Crippen LogP contribution in [0.5, 0.6) is 0 Å². The molecule has 1 atom stereocenters. The number of amides is 1. The van der Waals surface area contributed by atoms with Crippen LogP contribution in [0.4, 0.5) is 0 Å². The van der Waals surface area contributed by atoms with Gasteiger partial charge in [0.25, 0.3) is 11.5 Å². The number of benzene rings is 1. The second-order valence-electron chi connectivity index (χ2n) is 5.68. The molecule has 0 spiro atoms. The van der Waals surface area contributed by atoms with Gasteiger partial charge in [0.2, 0.25) is 0 Å². The van der Waals surface area contributed by atoms with E-state index < -0.39 is 0 Å². The van der Waals surface area contributed by atoms with Crippen molar-refractivity contribution in [1.82, 2.24) is 15.1 Å². The summed E-state index contributed by atoms with van der Waals surface area (Å²) in [6.07, 6.45) is 2.56. The Morgan fingerprint density at radius 1 is 1.22 bits per heavy atom. The van der Waals surface area contributed by atoms with Crippen LogP contribution in [0.3, 0.4) is 0 Å². The fourth-order valence-electron chi connectivity index (χ4n) is 2.34. The summed E-state index contributed by atoms with van der Waals surface area (Å²) >= 11 is 0. The predicted octanol–water partition coefficient (Wildman–Crippen LogP) is 2.40. The van der Waals surface area contributed by atoms with E-state index in [2.05, 4.69) is 22.5 Å². The minimum Gasteiger partial charge on any atom is -0.348 e. The highest BCUT2D eigenvalue weighted by Gasteiger charge is 2.12. The fraction of sp³-hybridized carbons (Fsp3) is 0.389. The van der Waals surface area contributed by atoms with Gasteiger partial charge in [-0.1, -0.05) is 37.3 Å². The third kappa shape index (κ3) is 5.06. The van der Waals surface area contributed by atoms with Gasteiger partial charge in [-0.25, -0.2) is 4.68 Å². The largest absolute Gasteiger partial charge is 0.348 e. The molecule has 0 aliphatic rings. The number of aromatic nitrogens is 2. The number of hydrogen-bond acceptors (Lipinski definition) is 3. The smallest absolute Gasteiger partial charge is 0.271 e. The van der Waals surface area contributed by atoms with Crippen molar-refractivity contribution in [2.45, 2.75) is 45.7 Å². The highest BCUT2D eigenvalue weighted by molar-refractivity contribution is 5.92. The summed E-state index contributed by atoms with van der Waals surface area (Å²) in [5.74, 6) is -0.240. The number of hydrogen-bond donors (Lipinski definition) is 1. The van der Waals surface area contributed by atoms with E-state index in [0.29, 0.717) is 6.54 Å². The highest BCUT2D eigenvalue weighted by Crippen LogP contribution is 2.05. The first-order valence-corrected chi connectivity index (χ1v) is 8.03. The Morgan fingerprint density at radius 2 is 1.96 bits per heavy atom. The number of aryl methyl sites for hydroxylation is 2. The molecule has 0 unspecified atom stereocenters. The first-order chi connectivity index (χ1) is 11.1. The van der Waals surface area contributed by atoms with Gasteiger partial charge in [0, 0.05) is 18.7 Å². The molecular formula is C18H23N3O2. The van der Waals surface area contributed by atoms with Gasteiger partial charge in [0.05, 0.1) is 0 Å². The normalized spacial score (nSPS) is 11.9. The minimum absolute atomic E-state index is 0.0380. The summed E-state index contributed by atoms with van der Waals surface area (Å²) in [5, 5.41) is 7.06. The lowest BCUT2D eigenvalue weighted by molar-refractivity contribution is 0.0930. The molecule has 23 heavy (non-hydrogen) atoms. The topological polar surface area (TPSA) is 64.0 Å². The van der Waals surface area contributed by atoms with Crippen molar-refractivity contribution in [3.63, 3.8) is 0 Å². The third-order valence-electron chi connectivity index (χ3n) is 3.62. The van der Waals surface area contributed by atoms with Crippen LogP contribution in [0.2, 0.25) is 0 Å². The molecule has 0 fully saturated rings. The van der Waals surface area contributed by atoms with E-state index in [4.69, 9.17) is 0 Å². The van der Waals surface area contributed by atoms with E-state index in [-0.39, 0.29) is 23.2 Å². The van der Waals surface area contributed by atoms with Crippen LogP contribution in [-0.2, 0) is 13.0 Å². The zero-order chi connectivity index (χ0) is 16.7. The minimum atomic E-state index is -0.240. The molecule has 0 aliphatic carbocycles. The van der Waals surface area contributed by atoms with Crippen molar-refractivity contribution in [2.24, 2.45) is 0 Å². The fourth-order valence-corrected chi connectivity index (χ4v) is 2.34. The van der Waals surface area contributed by atoms with Gasteiger partial charge in [-0.2, -0.15) is 5.10 Å². The second-order valence-corrected chi connectivity index (χ2v) is 5.68. The molecular weight excluding hydrogens is 290 g/mol. The number of rotatable bonds is 7. The molecule has 5 heteroatoms. The average molecular weight is 313 g/mol. The van der Waals surface area contributed by atoms with Crippen LogP contribution < -0.4 is 10.9 Å². The lowest BCUT2D eigenvalue weighted by Gasteiger charge is -2.14. The Bertz CT molecular complexity index is 695. The van der Waals surface area contributed by atoms with Gasteiger partial charge < -0.3 is 5.32 Å². The molecule has 0 bridgehead atoms. The van der Waals surface area contributed by atoms with Crippen molar-refractivity contribution < 1.29 is 4.79 Å². The average Bonchev–Trinajstić information content (AvgIpc) is 2.56. The van der Waals surface area contributed by atoms with Crippen LogP contribution in [0.15, 0.2) is 47.3 Å². The summed E-state index contributed by atoms with van der Waals surface area (Å²) in [6.45, 7) is 4.46. The van der Waals surface area contributed by atoms with E-state index in [0.717, 1.165) is 19.3 Å². The van der Waals surface area contributed by atoms with Crippen molar-refractivity contribution in [2.75, 3.05) is 0 Å². The highest BCUT2D eigenvalue weighted by atomic mass is 16.2. The van der Waals surface area contributed by atoms with Gasteiger partial charge in [0.15, 0.2) is 0 Å². The molecule has 2 rings (SSSR count). The maximum Gasteiger partial charge on any atom is 0.271 e. The molecule has 1 amide bonds. The zero-order valence-electron chi connectivity index (χ0n) is 13.7. The Hall–Kier alpha value is -2.43. The third-order valence-corrected chi connectivity index (χ3v) is 3.62. The van der Waals surface area contributed by atoms with E-state index in [1.807, 2.05) is 32.0 Å². The molecule has 2 aromatic rings. The van der Waals surface area contributed by atoms with Crippen LogP contribution in [0.25, 0.3) is 0 Å². The molecule has 1 aromatic heterocycles. The summed E-state index contributed by atoms with van der Waals surface area (Å²) in [7, 11) is 0. The summed E-state index contributed by atoms with van der Waals surface area (Å²) in [4.78, 5) is 23.9. The Morgan fingerprint density at radius 3 is 2.65 bits per heavy atom. The number of carbonyl (C=O) groups excluding carboxylic acids is 1. The van der Waals surface area contributed by atoms with Crippen molar-refractivity contribution >= 4 is 5.91 Å².